The molecule has 6 heteroatoms. The summed E-state index contributed by atoms with van der Waals surface area (Å²) in [6.07, 6.45) is 0.913. The van der Waals surface area contributed by atoms with Crippen LogP contribution >= 0.6 is 15.9 Å². The van der Waals surface area contributed by atoms with Gasteiger partial charge in [-0.25, -0.2) is 9.97 Å². The molecule has 0 radical (unpaired) electrons. The lowest BCUT2D eigenvalue weighted by atomic mass is 10.3. The van der Waals surface area contributed by atoms with Crippen molar-refractivity contribution in [3.05, 3.63) is 40.6 Å². The van der Waals surface area contributed by atoms with Crippen LogP contribution in [0, 0.1) is 6.92 Å². The van der Waals surface area contributed by atoms with E-state index in [0.29, 0.717) is 6.54 Å². The van der Waals surface area contributed by atoms with Gasteiger partial charge in [-0.05, 0) is 48.0 Å². The average Bonchev–Trinajstić information content (AvgIpc) is 2.41. The first kappa shape index (κ1) is 14.7. The second-order valence-corrected chi connectivity index (χ2v) is 5.21. The molecule has 106 valence electrons. The number of halogens is 1. The molecule has 0 spiro atoms. The molecule has 0 fully saturated rings. The monoisotopic (exact) mass is 335 g/mol. The van der Waals surface area contributed by atoms with Gasteiger partial charge in [-0.15, -0.1) is 0 Å². The van der Waals surface area contributed by atoms with Gasteiger partial charge in [0, 0.05) is 17.1 Å². The SMILES string of the molecule is Cc1nc(NCCCN)cc(Nc2ccccc2Br)n1. The second kappa shape index (κ2) is 7.21. The van der Waals surface area contributed by atoms with E-state index in [-0.39, 0.29) is 0 Å². The molecule has 2 aromatic rings. The Morgan fingerprint density at radius 1 is 1.20 bits per heavy atom. The predicted octanol–water partition coefficient (Wildman–Crippen LogP) is 3.05. The zero-order valence-corrected chi connectivity index (χ0v) is 12.9. The van der Waals surface area contributed by atoms with E-state index in [1.165, 1.54) is 0 Å². The highest BCUT2D eigenvalue weighted by molar-refractivity contribution is 9.10. The van der Waals surface area contributed by atoms with Crippen LogP contribution in [0.25, 0.3) is 0 Å². The van der Waals surface area contributed by atoms with Crippen LogP contribution in [0.2, 0.25) is 0 Å². The Kier molecular flexibility index (Phi) is 5.31. The molecular formula is C14H18BrN5. The van der Waals surface area contributed by atoms with Crippen LogP contribution in [0.3, 0.4) is 0 Å². The molecule has 1 aromatic heterocycles. The molecule has 0 aliphatic carbocycles. The van der Waals surface area contributed by atoms with Gasteiger partial charge >= 0.3 is 0 Å². The summed E-state index contributed by atoms with van der Waals surface area (Å²) in [4.78, 5) is 8.75. The van der Waals surface area contributed by atoms with E-state index >= 15 is 0 Å². The van der Waals surface area contributed by atoms with Gasteiger partial charge in [-0.1, -0.05) is 12.1 Å². The van der Waals surface area contributed by atoms with E-state index in [1.807, 2.05) is 37.3 Å². The minimum absolute atomic E-state index is 0.666. The van der Waals surface area contributed by atoms with Crippen molar-refractivity contribution < 1.29 is 0 Å². The van der Waals surface area contributed by atoms with E-state index in [0.717, 1.165) is 40.6 Å². The second-order valence-electron chi connectivity index (χ2n) is 4.36. The summed E-state index contributed by atoms with van der Waals surface area (Å²) in [6.45, 7) is 3.35. The molecule has 20 heavy (non-hydrogen) atoms. The van der Waals surface area contributed by atoms with Crippen LogP contribution in [0.4, 0.5) is 17.3 Å². The number of aryl methyl sites for hydroxylation is 1. The van der Waals surface area contributed by atoms with Crippen molar-refractivity contribution in [2.45, 2.75) is 13.3 Å². The minimum atomic E-state index is 0.666. The topological polar surface area (TPSA) is 75.9 Å². The molecule has 4 N–H and O–H groups in total. The van der Waals surface area contributed by atoms with Crippen molar-refractivity contribution >= 4 is 33.3 Å². The lowest BCUT2D eigenvalue weighted by Crippen LogP contribution is -2.10. The number of aromatic nitrogens is 2. The first-order chi connectivity index (χ1) is 9.69. The Morgan fingerprint density at radius 2 is 1.95 bits per heavy atom. The normalized spacial score (nSPS) is 10.3. The van der Waals surface area contributed by atoms with Crippen molar-refractivity contribution in [2.75, 3.05) is 23.7 Å². The van der Waals surface area contributed by atoms with Crippen molar-refractivity contribution in [1.29, 1.82) is 0 Å². The van der Waals surface area contributed by atoms with Crippen LogP contribution in [0.5, 0.6) is 0 Å². The summed E-state index contributed by atoms with van der Waals surface area (Å²) < 4.78 is 0.994. The Morgan fingerprint density at radius 3 is 2.70 bits per heavy atom. The van der Waals surface area contributed by atoms with Gasteiger partial charge in [0.15, 0.2) is 0 Å². The number of anilines is 3. The molecule has 0 unspecified atom stereocenters. The van der Waals surface area contributed by atoms with Crippen LogP contribution < -0.4 is 16.4 Å². The van der Waals surface area contributed by atoms with E-state index in [4.69, 9.17) is 5.73 Å². The molecule has 0 saturated heterocycles. The highest BCUT2D eigenvalue weighted by Gasteiger charge is 2.04. The van der Waals surface area contributed by atoms with Gasteiger partial charge in [-0.3, -0.25) is 0 Å². The number of nitrogens with zero attached hydrogens (tertiary/aromatic N) is 2. The highest BCUT2D eigenvalue weighted by Crippen LogP contribution is 2.25. The molecule has 0 aliphatic rings. The third kappa shape index (κ3) is 4.18. The zero-order chi connectivity index (χ0) is 14.4. The number of benzene rings is 1. The Labute approximate surface area is 127 Å². The van der Waals surface area contributed by atoms with Crippen LogP contribution in [-0.4, -0.2) is 23.1 Å². The number of rotatable bonds is 6. The quantitative estimate of drug-likeness (QED) is 0.707. The molecule has 2 rings (SSSR count). The lowest BCUT2D eigenvalue weighted by Gasteiger charge is -2.11. The summed E-state index contributed by atoms with van der Waals surface area (Å²) in [5.41, 5.74) is 6.45. The van der Waals surface area contributed by atoms with Crippen molar-refractivity contribution in [1.82, 2.24) is 9.97 Å². The molecule has 1 aromatic carbocycles. The molecule has 0 atom stereocenters. The summed E-state index contributed by atoms with van der Waals surface area (Å²) >= 11 is 3.51. The van der Waals surface area contributed by atoms with Gasteiger partial charge in [0.25, 0.3) is 0 Å². The fourth-order valence-electron chi connectivity index (χ4n) is 1.74. The molecule has 5 nitrogen and oxygen atoms in total. The van der Waals surface area contributed by atoms with Gasteiger partial charge in [0.2, 0.25) is 0 Å². The van der Waals surface area contributed by atoms with E-state index in [1.54, 1.807) is 0 Å². The Balaban J connectivity index is 2.13. The third-order valence-corrected chi connectivity index (χ3v) is 3.35. The number of para-hydroxylation sites is 1. The summed E-state index contributed by atoms with van der Waals surface area (Å²) in [5.74, 6) is 2.29. The van der Waals surface area contributed by atoms with Gasteiger partial charge in [-0.2, -0.15) is 0 Å². The fourth-order valence-corrected chi connectivity index (χ4v) is 2.13. The first-order valence-electron chi connectivity index (χ1n) is 6.50. The maximum atomic E-state index is 5.48. The summed E-state index contributed by atoms with van der Waals surface area (Å²) in [6, 6.07) is 9.81. The van der Waals surface area contributed by atoms with Gasteiger partial charge < -0.3 is 16.4 Å². The predicted molar refractivity (Wildman–Crippen MR) is 86.4 cm³/mol. The molecular weight excluding hydrogens is 318 g/mol. The molecule has 0 aliphatic heterocycles. The highest BCUT2D eigenvalue weighted by atomic mass is 79.9. The van der Waals surface area contributed by atoms with Crippen LogP contribution in [0.15, 0.2) is 34.8 Å². The Hall–Kier alpha value is -1.66. The Bertz CT molecular complexity index is 573. The van der Waals surface area contributed by atoms with E-state index in [2.05, 4.69) is 36.5 Å². The number of nitrogens with two attached hydrogens (primary N) is 1. The number of hydrogen-bond acceptors (Lipinski definition) is 5. The van der Waals surface area contributed by atoms with Crippen molar-refractivity contribution in [2.24, 2.45) is 5.73 Å². The molecule has 1 heterocycles. The van der Waals surface area contributed by atoms with Crippen molar-refractivity contribution in [3.63, 3.8) is 0 Å². The molecule has 0 bridgehead atoms. The van der Waals surface area contributed by atoms with E-state index < -0.39 is 0 Å². The van der Waals surface area contributed by atoms with Crippen LogP contribution in [0.1, 0.15) is 12.2 Å². The standard InChI is InChI=1S/C14H18BrN5/c1-10-18-13(17-8-4-7-16)9-14(19-10)20-12-6-3-2-5-11(12)15/h2-3,5-6,9H,4,7-8,16H2,1H3,(H2,17,18,19,20). The third-order valence-electron chi connectivity index (χ3n) is 2.66. The van der Waals surface area contributed by atoms with Gasteiger partial charge in [0.05, 0.1) is 5.69 Å². The summed E-state index contributed by atoms with van der Waals surface area (Å²) in [5, 5.41) is 6.53. The molecule has 0 saturated carbocycles. The maximum Gasteiger partial charge on any atom is 0.136 e. The minimum Gasteiger partial charge on any atom is -0.370 e. The first-order valence-corrected chi connectivity index (χ1v) is 7.29. The fraction of sp³-hybridized carbons (Fsp3) is 0.286. The van der Waals surface area contributed by atoms with Crippen LogP contribution in [-0.2, 0) is 0 Å². The number of nitrogens with one attached hydrogen (secondary N) is 2. The number of hydrogen-bond donors (Lipinski definition) is 3. The van der Waals surface area contributed by atoms with Gasteiger partial charge in [0.1, 0.15) is 17.5 Å². The van der Waals surface area contributed by atoms with E-state index in [9.17, 15) is 0 Å². The smallest absolute Gasteiger partial charge is 0.136 e. The lowest BCUT2D eigenvalue weighted by molar-refractivity contribution is 0.867. The maximum absolute atomic E-state index is 5.48. The largest absolute Gasteiger partial charge is 0.370 e. The summed E-state index contributed by atoms with van der Waals surface area (Å²) in [7, 11) is 0. The average molecular weight is 336 g/mol. The van der Waals surface area contributed by atoms with Crippen molar-refractivity contribution in [3.8, 4) is 0 Å². The molecule has 0 amide bonds. The zero-order valence-electron chi connectivity index (χ0n) is 11.4.